The lowest BCUT2D eigenvalue weighted by Crippen LogP contribution is -2.20. The highest BCUT2D eigenvalue weighted by molar-refractivity contribution is 5.95. The lowest BCUT2D eigenvalue weighted by atomic mass is 10.1. The molecule has 4 rings (SSSR count). The topological polar surface area (TPSA) is 108 Å². The molecular weight excluding hydrogens is 368 g/mol. The molecule has 0 spiro atoms. The van der Waals surface area contributed by atoms with Crippen LogP contribution in [0.4, 0.5) is 5.82 Å². The van der Waals surface area contributed by atoms with Crippen LogP contribution in [0.15, 0.2) is 47.4 Å². The molecule has 29 heavy (non-hydrogen) atoms. The number of carbonyl (C=O) groups is 1. The summed E-state index contributed by atoms with van der Waals surface area (Å²) < 4.78 is 1.46. The first-order chi connectivity index (χ1) is 14.0. The van der Waals surface area contributed by atoms with Gasteiger partial charge in [0.15, 0.2) is 0 Å². The smallest absolute Gasteiger partial charge is 0.252 e. The second-order valence-electron chi connectivity index (χ2n) is 6.98. The first kappa shape index (κ1) is 18.7. The molecule has 0 aliphatic rings. The predicted molar refractivity (Wildman–Crippen MR) is 111 cm³/mol. The van der Waals surface area contributed by atoms with E-state index in [0.29, 0.717) is 23.6 Å². The third-order valence-corrected chi connectivity index (χ3v) is 4.61. The minimum absolute atomic E-state index is 0.178. The normalized spacial score (nSPS) is 11.1. The molecule has 0 bridgehead atoms. The molecule has 3 aromatic heterocycles. The van der Waals surface area contributed by atoms with Gasteiger partial charge in [-0.25, -0.2) is 4.98 Å². The lowest BCUT2D eigenvalue weighted by molar-refractivity contribution is -0.115. The number of fused-ring (bicyclic) bond motifs is 1. The maximum atomic E-state index is 12.7. The second kappa shape index (κ2) is 7.75. The van der Waals surface area contributed by atoms with Gasteiger partial charge in [0.2, 0.25) is 11.9 Å². The van der Waals surface area contributed by atoms with Gasteiger partial charge in [-0.3, -0.25) is 14.6 Å². The van der Waals surface area contributed by atoms with Gasteiger partial charge in [-0.15, -0.1) is 0 Å². The van der Waals surface area contributed by atoms with Gasteiger partial charge in [0.1, 0.15) is 5.82 Å². The Hall–Kier alpha value is -3.68. The molecule has 0 unspecified atom stereocenters. The van der Waals surface area contributed by atoms with Crippen LogP contribution >= 0.6 is 0 Å². The number of H-pyrrole nitrogens is 2. The van der Waals surface area contributed by atoms with Gasteiger partial charge in [0.05, 0.1) is 12.1 Å². The van der Waals surface area contributed by atoms with Crippen LogP contribution in [-0.2, 0) is 17.6 Å². The number of nitrogens with zero attached hydrogens (tertiary/aromatic N) is 3. The van der Waals surface area contributed by atoms with Crippen molar-refractivity contribution < 1.29 is 4.79 Å². The number of aromatic nitrogens is 5. The number of benzene rings is 1. The maximum Gasteiger partial charge on any atom is 0.252 e. The molecule has 0 atom stereocenters. The number of anilines is 1. The van der Waals surface area contributed by atoms with E-state index in [2.05, 4.69) is 25.4 Å². The van der Waals surface area contributed by atoms with E-state index in [9.17, 15) is 9.59 Å². The monoisotopic (exact) mass is 390 g/mol. The highest BCUT2D eigenvalue weighted by Crippen LogP contribution is 2.19. The molecule has 0 aliphatic carbocycles. The summed E-state index contributed by atoms with van der Waals surface area (Å²) in [6.45, 7) is 3.84. The van der Waals surface area contributed by atoms with Crippen molar-refractivity contribution in [1.29, 1.82) is 0 Å². The number of hydrogen-bond donors (Lipinski definition) is 3. The molecule has 1 aromatic carbocycles. The molecular formula is C21H22N6O2. The fourth-order valence-corrected chi connectivity index (χ4v) is 3.37. The van der Waals surface area contributed by atoms with Gasteiger partial charge in [-0.05, 0) is 25.0 Å². The molecule has 148 valence electrons. The first-order valence-electron chi connectivity index (χ1n) is 9.55. The molecule has 4 aromatic rings. The Morgan fingerprint density at radius 2 is 2.07 bits per heavy atom. The van der Waals surface area contributed by atoms with Crippen molar-refractivity contribution in [3.05, 3.63) is 69.9 Å². The Morgan fingerprint density at radius 1 is 1.24 bits per heavy atom. The van der Waals surface area contributed by atoms with E-state index in [1.165, 1.54) is 10.7 Å². The minimum atomic E-state index is -0.248. The van der Waals surface area contributed by atoms with Crippen LogP contribution < -0.4 is 10.9 Å². The van der Waals surface area contributed by atoms with E-state index in [1.54, 1.807) is 6.07 Å². The summed E-state index contributed by atoms with van der Waals surface area (Å²) in [5.41, 5.74) is 3.05. The van der Waals surface area contributed by atoms with Crippen molar-refractivity contribution >= 4 is 22.6 Å². The molecule has 0 saturated heterocycles. The fraction of sp³-hybridized carbons (Fsp3) is 0.238. The van der Waals surface area contributed by atoms with Gasteiger partial charge in [-0.2, -0.15) is 9.78 Å². The zero-order valence-corrected chi connectivity index (χ0v) is 16.3. The van der Waals surface area contributed by atoms with E-state index in [4.69, 9.17) is 0 Å². The van der Waals surface area contributed by atoms with Crippen molar-refractivity contribution in [3.63, 3.8) is 0 Å². The van der Waals surface area contributed by atoms with Crippen LogP contribution in [0.1, 0.15) is 30.3 Å². The van der Waals surface area contributed by atoms with Crippen LogP contribution in [-0.4, -0.2) is 30.6 Å². The third-order valence-electron chi connectivity index (χ3n) is 4.61. The molecule has 8 heteroatoms. The maximum absolute atomic E-state index is 12.7. The van der Waals surface area contributed by atoms with E-state index in [-0.39, 0.29) is 23.8 Å². The van der Waals surface area contributed by atoms with Crippen molar-refractivity contribution in [2.24, 2.45) is 0 Å². The highest BCUT2D eigenvalue weighted by atomic mass is 16.1. The quantitative estimate of drug-likeness (QED) is 0.470. The number of hydrogen-bond acceptors (Lipinski definition) is 4. The summed E-state index contributed by atoms with van der Waals surface area (Å²) in [4.78, 5) is 35.1. The van der Waals surface area contributed by atoms with Crippen molar-refractivity contribution in [1.82, 2.24) is 24.7 Å². The summed E-state index contributed by atoms with van der Waals surface area (Å²) in [6.07, 6.45) is 3.63. The molecule has 0 radical (unpaired) electrons. The minimum Gasteiger partial charge on any atom is -0.361 e. The Kier molecular flexibility index (Phi) is 4.99. The van der Waals surface area contributed by atoms with Crippen LogP contribution in [0, 0.1) is 6.92 Å². The zero-order chi connectivity index (χ0) is 20.4. The summed E-state index contributed by atoms with van der Waals surface area (Å²) in [5, 5.41) is 8.29. The molecule has 3 heterocycles. The first-order valence-corrected chi connectivity index (χ1v) is 9.55. The number of nitrogens with one attached hydrogen (secondary N) is 3. The van der Waals surface area contributed by atoms with E-state index in [0.717, 1.165) is 22.9 Å². The molecule has 0 saturated carbocycles. The summed E-state index contributed by atoms with van der Waals surface area (Å²) in [6, 6.07) is 11.1. The summed E-state index contributed by atoms with van der Waals surface area (Å²) in [5.74, 6) is 0.573. The summed E-state index contributed by atoms with van der Waals surface area (Å²) in [7, 11) is 0. The van der Waals surface area contributed by atoms with Gasteiger partial charge in [-0.1, -0.05) is 31.5 Å². The second-order valence-corrected chi connectivity index (χ2v) is 6.98. The average Bonchev–Trinajstić information content (AvgIpc) is 3.25. The molecule has 0 aliphatic heterocycles. The van der Waals surface area contributed by atoms with Gasteiger partial charge >= 0.3 is 0 Å². The Bertz CT molecular complexity index is 1230. The molecule has 8 nitrogen and oxygen atoms in total. The number of aromatic amines is 2. The predicted octanol–water partition coefficient (Wildman–Crippen LogP) is 2.88. The number of carbonyl (C=O) groups excluding carboxylic acids is 1. The van der Waals surface area contributed by atoms with Gasteiger partial charge in [0.25, 0.3) is 5.56 Å². The van der Waals surface area contributed by atoms with Crippen LogP contribution in [0.3, 0.4) is 0 Å². The van der Waals surface area contributed by atoms with Crippen molar-refractivity contribution in [2.45, 2.75) is 33.1 Å². The molecule has 0 fully saturated rings. The van der Waals surface area contributed by atoms with Crippen molar-refractivity contribution in [2.75, 3.05) is 5.32 Å². The van der Waals surface area contributed by atoms with E-state index in [1.807, 2.05) is 44.3 Å². The number of rotatable bonds is 6. The Balaban J connectivity index is 1.60. The Morgan fingerprint density at radius 3 is 2.90 bits per heavy atom. The standard InChI is InChI=1S/C21H22N6O2/c1-3-6-15-11-20(29)25-21(23-15)27-18(9-13(2)26-27)24-19(28)10-14-12-22-17-8-5-4-7-16(14)17/h4-5,7-9,11-12,22H,3,6,10H2,1-2H3,(H,24,28)(H,23,25,29). The molecule has 3 N–H and O–H groups in total. The van der Waals surface area contributed by atoms with E-state index >= 15 is 0 Å². The Labute approximate surface area is 167 Å². The van der Waals surface area contributed by atoms with Crippen LogP contribution in [0.25, 0.3) is 16.9 Å². The average molecular weight is 390 g/mol. The fourth-order valence-electron chi connectivity index (χ4n) is 3.37. The highest BCUT2D eigenvalue weighted by Gasteiger charge is 2.15. The zero-order valence-electron chi connectivity index (χ0n) is 16.3. The number of amides is 1. The van der Waals surface area contributed by atoms with E-state index < -0.39 is 0 Å². The largest absolute Gasteiger partial charge is 0.361 e. The van der Waals surface area contributed by atoms with Crippen LogP contribution in [0.5, 0.6) is 0 Å². The van der Waals surface area contributed by atoms with Gasteiger partial charge < -0.3 is 10.3 Å². The lowest BCUT2D eigenvalue weighted by Gasteiger charge is -2.09. The summed E-state index contributed by atoms with van der Waals surface area (Å²) >= 11 is 0. The van der Waals surface area contributed by atoms with Crippen LogP contribution in [0.2, 0.25) is 0 Å². The third kappa shape index (κ3) is 3.96. The number of para-hydroxylation sites is 1. The SMILES string of the molecule is CCCc1cc(=O)[nH]c(-n2nc(C)cc2NC(=O)Cc2c[nH]c3ccccc23)n1. The van der Waals surface area contributed by atoms with Gasteiger partial charge in [0, 0.05) is 34.9 Å². The molecule has 1 amide bonds. The number of aryl methyl sites for hydroxylation is 2. The van der Waals surface area contributed by atoms with Crippen molar-refractivity contribution in [3.8, 4) is 5.95 Å².